The molecule has 0 unspecified atom stereocenters. The van der Waals surface area contributed by atoms with Crippen LogP contribution in [0.25, 0.3) is 5.69 Å². The molecule has 0 fully saturated rings. The lowest BCUT2D eigenvalue weighted by molar-refractivity contribution is 0.601. The van der Waals surface area contributed by atoms with Crippen molar-refractivity contribution in [2.24, 2.45) is 0 Å². The molecular formula is C15H12Cl2N4O3S. The van der Waals surface area contributed by atoms with Gasteiger partial charge in [0.1, 0.15) is 5.82 Å². The van der Waals surface area contributed by atoms with Crippen LogP contribution in [-0.2, 0) is 10.0 Å². The van der Waals surface area contributed by atoms with Crippen molar-refractivity contribution in [2.45, 2.75) is 11.8 Å². The summed E-state index contributed by atoms with van der Waals surface area (Å²) in [5, 5.41) is 4.26. The van der Waals surface area contributed by atoms with E-state index < -0.39 is 15.7 Å². The van der Waals surface area contributed by atoms with E-state index in [0.717, 1.165) is 4.68 Å². The fraction of sp³-hybridized carbons (Fsp3) is 0.0667. The first-order valence-corrected chi connectivity index (χ1v) is 9.25. The van der Waals surface area contributed by atoms with Crippen LogP contribution >= 0.6 is 23.2 Å². The monoisotopic (exact) mass is 398 g/mol. The molecule has 0 bridgehead atoms. The second-order valence-corrected chi connectivity index (χ2v) is 7.63. The highest BCUT2D eigenvalue weighted by Crippen LogP contribution is 2.32. The fourth-order valence-corrected chi connectivity index (χ4v) is 3.83. The Morgan fingerprint density at radius 3 is 2.40 bits per heavy atom. The predicted octanol–water partition coefficient (Wildman–Crippen LogP) is 2.98. The smallest absolute Gasteiger partial charge is 0.293 e. The van der Waals surface area contributed by atoms with E-state index in [1.165, 1.54) is 24.3 Å². The first kappa shape index (κ1) is 17.5. The molecule has 0 atom stereocenters. The summed E-state index contributed by atoms with van der Waals surface area (Å²) in [6, 6.07) is 10.5. The Kier molecular flexibility index (Phi) is 4.59. The van der Waals surface area contributed by atoms with Crippen LogP contribution < -0.4 is 10.4 Å². The van der Waals surface area contributed by atoms with Crippen molar-refractivity contribution in [3.8, 4) is 5.69 Å². The first-order chi connectivity index (χ1) is 11.8. The van der Waals surface area contributed by atoms with Gasteiger partial charge in [0, 0.05) is 0 Å². The van der Waals surface area contributed by atoms with Crippen LogP contribution in [-0.4, -0.2) is 23.2 Å². The molecule has 1 heterocycles. The van der Waals surface area contributed by atoms with Gasteiger partial charge in [0.2, 0.25) is 0 Å². The van der Waals surface area contributed by atoms with Gasteiger partial charge in [-0.1, -0.05) is 41.4 Å². The third-order valence-corrected chi connectivity index (χ3v) is 5.29. The van der Waals surface area contributed by atoms with E-state index in [4.69, 9.17) is 23.2 Å². The maximum Gasteiger partial charge on any atom is 0.348 e. The molecule has 0 amide bonds. The van der Waals surface area contributed by atoms with E-state index in [1.807, 2.05) is 0 Å². The minimum Gasteiger partial charge on any atom is -0.293 e. The number of aryl methyl sites for hydroxylation is 1. The molecule has 10 heteroatoms. The Balaban J connectivity index is 2.08. The number of anilines is 1. The number of halogens is 2. The molecule has 0 saturated carbocycles. The molecular weight excluding hydrogens is 387 g/mol. The molecule has 0 aliphatic rings. The van der Waals surface area contributed by atoms with Gasteiger partial charge in [-0.2, -0.15) is 9.78 Å². The zero-order valence-corrected chi connectivity index (χ0v) is 15.2. The average molecular weight is 399 g/mol. The summed E-state index contributed by atoms with van der Waals surface area (Å²) in [6.07, 6.45) is 0. The van der Waals surface area contributed by atoms with E-state index in [2.05, 4.69) is 14.8 Å². The lowest BCUT2D eigenvalue weighted by Crippen LogP contribution is -2.18. The maximum absolute atomic E-state index is 12.5. The molecule has 2 aromatic carbocycles. The Morgan fingerprint density at radius 2 is 1.80 bits per heavy atom. The minimum absolute atomic E-state index is 0.0790. The molecule has 3 rings (SSSR count). The standard InChI is InChI=1S/C15H12Cl2N4O3S/c1-9-18-15(22)21(19-9)14-8-13(11(16)7-12(14)17)20-25(23,24)10-5-3-2-4-6-10/h2-8,20H,1H3,(H,18,19,22). The van der Waals surface area contributed by atoms with E-state index in [-0.39, 0.29) is 26.3 Å². The molecule has 0 aliphatic heterocycles. The molecule has 0 aliphatic carbocycles. The van der Waals surface area contributed by atoms with Gasteiger partial charge >= 0.3 is 5.69 Å². The van der Waals surface area contributed by atoms with Crippen molar-refractivity contribution in [2.75, 3.05) is 4.72 Å². The number of rotatable bonds is 4. The second-order valence-electron chi connectivity index (χ2n) is 5.13. The van der Waals surface area contributed by atoms with E-state index >= 15 is 0 Å². The Labute approximate surface area is 153 Å². The summed E-state index contributed by atoms with van der Waals surface area (Å²) in [6.45, 7) is 1.61. The third-order valence-electron chi connectivity index (χ3n) is 3.29. The van der Waals surface area contributed by atoms with E-state index in [1.54, 1.807) is 25.1 Å². The van der Waals surface area contributed by atoms with Crippen molar-refractivity contribution >= 4 is 38.9 Å². The van der Waals surface area contributed by atoms with Gasteiger partial charge in [0.25, 0.3) is 10.0 Å². The van der Waals surface area contributed by atoms with E-state index in [9.17, 15) is 13.2 Å². The number of sulfonamides is 1. The highest BCUT2D eigenvalue weighted by molar-refractivity contribution is 7.92. The zero-order chi connectivity index (χ0) is 18.2. The van der Waals surface area contributed by atoms with Gasteiger partial charge in [-0.05, 0) is 31.2 Å². The SMILES string of the molecule is Cc1nn(-c2cc(NS(=O)(=O)c3ccccc3)c(Cl)cc2Cl)c(=O)[nH]1. The molecule has 0 spiro atoms. The Bertz CT molecular complexity index is 1090. The van der Waals surface area contributed by atoms with Crippen LogP contribution in [0.4, 0.5) is 5.69 Å². The van der Waals surface area contributed by atoms with Gasteiger partial charge in [0.05, 0.1) is 26.3 Å². The van der Waals surface area contributed by atoms with Crippen molar-refractivity contribution < 1.29 is 8.42 Å². The summed E-state index contributed by atoms with van der Waals surface area (Å²) in [5.74, 6) is 0.391. The quantitative estimate of drug-likeness (QED) is 0.705. The van der Waals surface area contributed by atoms with Crippen LogP contribution in [0.2, 0.25) is 10.0 Å². The largest absolute Gasteiger partial charge is 0.348 e. The normalized spacial score (nSPS) is 11.5. The van der Waals surface area contributed by atoms with Crippen molar-refractivity contribution in [1.29, 1.82) is 0 Å². The number of nitrogens with one attached hydrogen (secondary N) is 2. The zero-order valence-electron chi connectivity index (χ0n) is 12.8. The molecule has 7 nitrogen and oxygen atoms in total. The maximum atomic E-state index is 12.5. The average Bonchev–Trinajstić information content (AvgIpc) is 2.89. The van der Waals surface area contributed by atoms with Crippen molar-refractivity contribution in [3.05, 3.63) is 68.8 Å². The second kappa shape index (κ2) is 6.55. The predicted molar refractivity (Wildman–Crippen MR) is 96.2 cm³/mol. The summed E-state index contributed by atoms with van der Waals surface area (Å²) in [4.78, 5) is 14.5. The summed E-state index contributed by atoms with van der Waals surface area (Å²) >= 11 is 12.2. The van der Waals surface area contributed by atoms with Crippen LogP contribution in [0.3, 0.4) is 0 Å². The van der Waals surface area contributed by atoms with Gasteiger partial charge in [-0.25, -0.2) is 13.2 Å². The summed E-state index contributed by atoms with van der Waals surface area (Å²) in [7, 11) is -3.85. The molecule has 0 saturated heterocycles. The molecule has 2 N–H and O–H groups in total. The number of hydrogen-bond donors (Lipinski definition) is 2. The number of hydrogen-bond acceptors (Lipinski definition) is 4. The van der Waals surface area contributed by atoms with Crippen LogP contribution in [0.5, 0.6) is 0 Å². The molecule has 1 aromatic heterocycles. The van der Waals surface area contributed by atoms with Gasteiger partial charge in [-0.3, -0.25) is 9.71 Å². The van der Waals surface area contributed by atoms with Crippen molar-refractivity contribution in [3.63, 3.8) is 0 Å². The molecule has 130 valence electrons. The number of nitrogens with zero attached hydrogens (tertiary/aromatic N) is 2. The van der Waals surface area contributed by atoms with Gasteiger partial charge < -0.3 is 0 Å². The lowest BCUT2D eigenvalue weighted by Gasteiger charge is -2.12. The number of aromatic amines is 1. The molecule has 3 aromatic rings. The number of benzene rings is 2. The van der Waals surface area contributed by atoms with Crippen LogP contribution in [0.15, 0.2) is 52.2 Å². The number of aromatic nitrogens is 3. The molecule has 25 heavy (non-hydrogen) atoms. The van der Waals surface area contributed by atoms with Crippen LogP contribution in [0, 0.1) is 6.92 Å². The topological polar surface area (TPSA) is 96.8 Å². The van der Waals surface area contributed by atoms with Gasteiger partial charge in [-0.15, -0.1) is 0 Å². The van der Waals surface area contributed by atoms with Crippen molar-refractivity contribution in [1.82, 2.24) is 14.8 Å². The Hall–Kier alpha value is -2.29. The third kappa shape index (κ3) is 3.55. The summed E-state index contributed by atoms with van der Waals surface area (Å²) < 4.78 is 28.4. The number of H-pyrrole nitrogens is 1. The van der Waals surface area contributed by atoms with Crippen LogP contribution in [0.1, 0.15) is 5.82 Å². The van der Waals surface area contributed by atoms with E-state index in [0.29, 0.717) is 5.82 Å². The van der Waals surface area contributed by atoms with Gasteiger partial charge in [0.15, 0.2) is 0 Å². The first-order valence-electron chi connectivity index (χ1n) is 7.01. The minimum atomic E-state index is -3.85. The highest BCUT2D eigenvalue weighted by Gasteiger charge is 2.18. The lowest BCUT2D eigenvalue weighted by atomic mass is 10.3. The Morgan fingerprint density at radius 1 is 1.12 bits per heavy atom. The molecule has 0 radical (unpaired) electrons. The highest BCUT2D eigenvalue weighted by atomic mass is 35.5. The summed E-state index contributed by atoms with van der Waals surface area (Å²) in [5.41, 5.74) is -0.220. The fourth-order valence-electron chi connectivity index (χ4n) is 2.17.